The largest absolute Gasteiger partial charge is 0.481 e. The molecule has 0 saturated heterocycles. The molecule has 0 aliphatic rings. The Bertz CT molecular complexity index is 711. The number of aromatic nitrogens is 2. The fraction of sp³-hybridized carbons (Fsp3) is 0.333. The predicted octanol–water partition coefficient (Wildman–Crippen LogP) is 2.43. The van der Waals surface area contributed by atoms with E-state index in [1.165, 1.54) is 19.2 Å². The Balaban J connectivity index is 2.47. The molecule has 1 N–H and O–H groups in total. The van der Waals surface area contributed by atoms with Gasteiger partial charge in [-0.1, -0.05) is 17.7 Å². The molecule has 9 heteroatoms. The van der Waals surface area contributed by atoms with Gasteiger partial charge in [-0.2, -0.15) is 4.98 Å². The van der Waals surface area contributed by atoms with Gasteiger partial charge < -0.3 is 14.7 Å². The smallest absolute Gasteiger partial charge is 0.311 e. The quantitative estimate of drug-likeness (QED) is 0.464. The summed E-state index contributed by atoms with van der Waals surface area (Å²) in [6.45, 7) is 1.82. The van der Waals surface area contributed by atoms with Gasteiger partial charge in [0.2, 0.25) is 11.7 Å². The molecule has 24 heavy (non-hydrogen) atoms. The summed E-state index contributed by atoms with van der Waals surface area (Å²) in [5, 5.41) is 21.2. The lowest BCUT2D eigenvalue weighted by Gasteiger charge is -2.28. The zero-order valence-electron chi connectivity index (χ0n) is 13.2. The molecule has 0 amide bonds. The summed E-state index contributed by atoms with van der Waals surface area (Å²) in [5.74, 6) is 0.371. The topological polar surface area (TPSA) is 102 Å². The molecule has 2 rings (SSSR count). The van der Waals surface area contributed by atoms with Crippen LogP contribution in [-0.4, -0.2) is 39.8 Å². The summed E-state index contributed by atoms with van der Waals surface area (Å²) in [4.78, 5) is 20.7. The first-order valence-corrected chi connectivity index (χ1v) is 7.51. The second kappa shape index (κ2) is 7.89. The monoisotopic (exact) mass is 352 g/mol. The van der Waals surface area contributed by atoms with Crippen molar-refractivity contribution in [3.63, 3.8) is 0 Å². The van der Waals surface area contributed by atoms with Gasteiger partial charge in [-0.05, 0) is 18.6 Å². The zero-order chi connectivity index (χ0) is 17.7. The van der Waals surface area contributed by atoms with E-state index in [-0.39, 0.29) is 30.5 Å². The van der Waals surface area contributed by atoms with Crippen LogP contribution in [-0.2, 0) is 6.54 Å². The Kier molecular flexibility index (Phi) is 5.88. The highest BCUT2D eigenvalue weighted by atomic mass is 35.5. The van der Waals surface area contributed by atoms with Crippen LogP contribution < -0.4 is 9.64 Å². The molecule has 2 aromatic rings. The summed E-state index contributed by atoms with van der Waals surface area (Å²) in [7, 11) is 1.43. The van der Waals surface area contributed by atoms with Crippen LogP contribution in [0.15, 0.2) is 30.5 Å². The Morgan fingerprint density at radius 1 is 1.42 bits per heavy atom. The van der Waals surface area contributed by atoms with Crippen LogP contribution in [0.3, 0.4) is 0 Å². The van der Waals surface area contributed by atoms with E-state index in [2.05, 4.69) is 9.97 Å². The van der Waals surface area contributed by atoms with Crippen molar-refractivity contribution >= 4 is 23.1 Å². The van der Waals surface area contributed by atoms with Crippen molar-refractivity contribution in [3.05, 3.63) is 51.3 Å². The maximum atomic E-state index is 11.3. The van der Waals surface area contributed by atoms with Gasteiger partial charge in [0, 0.05) is 24.9 Å². The van der Waals surface area contributed by atoms with Crippen LogP contribution in [0.2, 0.25) is 5.15 Å². The molecule has 2 aromatic heterocycles. The number of halogens is 1. The average molecular weight is 353 g/mol. The van der Waals surface area contributed by atoms with E-state index in [1.54, 1.807) is 30.2 Å². The first kappa shape index (κ1) is 17.9. The van der Waals surface area contributed by atoms with Crippen molar-refractivity contribution < 1.29 is 14.8 Å². The van der Waals surface area contributed by atoms with Gasteiger partial charge in [-0.25, -0.2) is 4.98 Å². The van der Waals surface area contributed by atoms with Gasteiger partial charge in [-0.15, -0.1) is 0 Å². The van der Waals surface area contributed by atoms with Gasteiger partial charge in [-0.3, -0.25) is 10.1 Å². The standard InChI is InChI=1S/C15H17ClN4O4/c1-10(9-21)19(8-11-3-5-13(16)17-7-11)15-12(20(22)23)4-6-14(18-15)24-2/h3-7,10,21H,8-9H2,1-2H3. The average Bonchev–Trinajstić information content (AvgIpc) is 2.59. The van der Waals surface area contributed by atoms with E-state index >= 15 is 0 Å². The van der Waals surface area contributed by atoms with Crippen LogP contribution in [0.25, 0.3) is 0 Å². The van der Waals surface area contributed by atoms with E-state index in [0.717, 1.165) is 5.56 Å². The number of nitrogens with zero attached hydrogens (tertiary/aromatic N) is 4. The van der Waals surface area contributed by atoms with Gasteiger partial charge >= 0.3 is 5.69 Å². The lowest BCUT2D eigenvalue weighted by molar-refractivity contribution is -0.384. The highest BCUT2D eigenvalue weighted by molar-refractivity contribution is 6.29. The van der Waals surface area contributed by atoms with Crippen molar-refractivity contribution in [2.75, 3.05) is 18.6 Å². The summed E-state index contributed by atoms with van der Waals surface area (Å²) < 4.78 is 5.07. The number of nitro groups is 1. The van der Waals surface area contributed by atoms with E-state index in [0.29, 0.717) is 5.15 Å². The second-order valence-corrected chi connectivity index (χ2v) is 5.49. The van der Waals surface area contributed by atoms with Gasteiger partial charge in [0.15, 0.2) is 0 Å². The Morgan fingerprint density at radius 2 is 2.17 bits per heavy atom. The lowest BCUT2D eigenvalue weighted by atomic mass is 10.2. The van der Waals surface area contributed by atoms with E-state index in [9.17, 15) is 15.2 Å². The molecule has 0 aromatic carbocycles. The van der Waals surface area contributed by atoms with Crippen LogP contribution in [0.1, 0.15) is 12.5 Å². The predicted molar refractivity (Wildman–Crippen MR) is 89.4 cm³/mol. The van der Waals surface area contributed by atoms with Crippen LogP contribution >= 0.6 is 11.6 Å². The van der Waals surface area contributed by atoms with Gasteiger partial charge in [0.05, 0.1) is 24.7 Å². The SMILES string of the molecule is COc1ccc([N+](=O)[O-])c(N(Cc2ccc(Cl)nc2)C(C)CO)n1. The van der Waals surface area contributed by atoms with Crippen molar-refractivity contribution in [2.24, 2.45) is 0 Å². The van der Waals surface area contributed by atoms with E-state index in [4.69, 9.17) is 16.3 Å². The number of anilines is 1. The molecular formula is C15H17ClN4O4. The molecule has 0 fully saturated rings. The molecule has 0 spiro atoms. The Labute approximate surface area is 143 Å². The summed E-state index contributed by atoms with van der Waals surface area (Å²) >= 11 is 5.78. The fourth-order valence-electron chi connectivity index (χ4n) is 2.13. The molecular weight excluding hydrogens is 336 g/mol. The first-order chi connectivity index (χ1) is 11.5. The number of pyridine rings is 2. The third kappa shape index (κ3) is 4.09. The highest BCUT2D eigenvalue weighted by Crippen LogP contribution is 2.31. The van der Waals surface area contributed by atoms with Crippen LogP contribution in [0, 0.1) is 10.1 Å². The number of aliphatic hydroxyl groups excluding tert-OH is 1. The number of methoxy groups -OCH3 is 1. The molecule has 0 aliphatic heterocycles. The molecule has 1 unspecified atom stereocenters. The van der Waals surface area contributed by atoms with Crippen LogP contribution in [0.4, 0.5) is 11.5 Å². The number of aliphatic hydroxyl groups is 1. The minimum Gasteiger partial charge on any atom is -0.481 e. The molecule has 0 saturated carbocycles. The molecule has 0 bridgehead atoms. The molecule has 2 heterocycles. The third-order valence-electron chi connectivity index (χ3n) is 3.44. The Morgan fingerprint density at radius 3 is 2.71 bits per heavy atom. The number of hydrogen-bond donors (Lipinski definition) is 1. The summed E-state index contributed by atoms with van der Waals surface area (Å²) in [5.41, 5.74) is 0.608. The minimum absolute atomic E-state index is 0.121. The van der Waals surface area contributed by atoms with Crippen molar-refractivity contribution in [1.29, 1.82) is 0 Å². The lowest BCUT2D eigenvalue weighted by Crippen LogP contribution is -2.36. The number of ether oxygens (including phenoxy) is 1. The third-order valence-corrected chi connectivity index (χ3v) is 3.67. The fourth-order valence-corrected chi connectivity index (χ4v) is 2.24. The maximum Gasteiger partial charge on any atom is 0.311 e. The minimum atomic E-state index is -0.515. The summed E-state index contributed by atoms with van der Waals surface area (Å²) in [6, 6.07) is 5.75. The zero-order valence-corrected chi connectivity index (χ0v) is 14.0. The van der Waals surface area contributed by atoms with Crippen molar-refractivity contribution in [1.82, 2.24) is 9.97 Å². The number of rotatable bonds is 7. The van der Waals surface area contributed by atoms with Gasteiger partial charge in [0.25, 0.3) is 0 Å². The van der Waals surface area contributed by atoms with Crippen LogP contribution in [0.5, 0.6) is 5.88 Å². The summed E-state index contributed by atoms with van der Waals surface area (Å²) in [6.07, 6.45) is 1.57. The second-order valence-electron chi connectivity index (χ2n) is 5.10. The normalized spacial score (nSPS) is 11.8. The highest BCUT2D eigenvalue weighted by Gasteiger charge is 2.26. The first-order valence-electron chi connectivity index (χ1n) is 7.13. The molecule has 8 nitrogen and oxygen atoms in total. The number of hydrogen-bond acceptors (Lipinski definition) is 7. The Hall–Kier alpha value is -2.45. The molecule has 0 radical (unpaired) electrons. The maximum absolute atomic E-state index is 11.3. The van der Waals surface area contributed by atoms with E-state index < -0.39 is 11.0 Å². The van der Waals surface area contributed by atoms with E-state index in [1.807, 2.05) is 0 Å². The van der Waals surface area contributed by atoms with Crippen molar-refractivity contribution in [2.45, 2.75) is 19.5 Å². The molecule has 0 aliphatic carbocycles. The molecule has 128 valence electrons. The van der Waals surface area contributed by atoms with Crippen molar-refractivity contribution in [3.8, 4) is 5.88 Å². The van der Waals surface area contributed by atoms with Gasteiger partial charge in [0.1, 0.15) is 5.15 Å². The molecule has 1 atom stereocenters.